The number of imidazole rings is 1. The first-order chi connectivity index (χ1) is 11.7. The highest BCUT2D eigenvalue weighted by Crippen LogP contribution is 2.15. The summed E-state index contributed by atoms with van der Waals surface area (Å²) in [5, 5.41) is 3.04. The summed E-state index contributed by atoms with van der Waals surface area (Å²) in [5.41, 5.74) is 1.25. The normalized spacial score (nSPS) is 17.7. The Morgan fingerprint density at radius 2 is 2.17 bits per heavy atom. The van der Waals surface area contributed by atoms with E-state index in [1.54, 1.807) is 0 Å². The molecule has 2 amide bonds. The molecule has 1 aromatic carbocycles. The molecule has 3 rings (SSSR count). The van der Waals surface area contributed by atoms with Crippen LogP contribution in [0.3, 0.4) is 0 Å². The van der Waals surface area contributed by atoms with Crippen LogP contribution in [0.1, 0.15) is 31.2 Å². The van der Waals surface area contributed by atoms with Crippen molar-refractivity contribution >= 4 is 6.03 Å². The first-order valence-corrected chi connectivity index (χ1v) is 8.79. The Balaban J connectivity index is 1.49. The summed E-state index contributed by atoms with van der Waals surface area (Å²) in [7, 11) is 0. The van der Waals surface area contributed by atoms with Gasteiger partial charge in [-0.25, -0.2) is 9.78 Å². The van der Waals surface area contributed by atoms with Crippen LogP contribution in [-0.2, 0) is 13.0 Å². The molecule has 0 aliphatic carbocycles. The third-order valence-corrected chi connectivity index (χ3v) is 4.57. The largest absolute Gasteiger partial charge is 0.338 e. The molecular weight excluding hydrogens is 300 g/mol. The van der Waals surface area contributed by atoms with Crippen LogP contribution >= 0.6 is 0 Å². The molecule has 0 spiro atoms. The van der Waals surface area contributed by atoms with Crippen molar-refractivity contribution in [3.63, 3.8) is 0 Å². The molecule has 24 heavy (non-hydrogen) atoms. The van der Waals surface area contributed by atoms with Gasteiger partial charge in [-0.3, -0.25) is 0 Å². The second-order valence-corrected chi connectivity index (χ2v) is 6.63. The number of carbonyl (C=O) groups is 1. The highest BCUT2D eigenvalue weighted by atomic mass is 16.2. The highest BCUT2D eigenvalue weighted by Gasteiger charge is 2.20. The van der Waals surface area contributed by atoms with Gasteiger partial charge in [0.15, 0.2) is 0 Å². The van der Waals surface area contributed by atoms with Gasteiger partial charge >= 0.3 is 6.03 Å². The maximum absolute atomic E-state index is 12.2. The molecular formula is C19H26N4O. The Morgan fingerprint density at radius 3 is 2.96 bits per heavy atom. The van der Waals surface area contributed by atoms with Crippen molar-refractivity contribution in [2.24, 2.45) is 5.92 Å². The fourth-order valence-corrected chi connectivity index (χ4v) is 3.26. The molecule has 2 aromatic rings. The van der Waals surface area contributed by atoms with Crippen LogP contribution in [0.2, 0.25) is 0 Å². The molecule has 1 saturated heterocycles. The average Bonchev–Trinajstić information content (AvgIpc) is 3.03. The lowest BCUT2D eigenvalue weighted by Crippen LogP contribution is -2.45. The number of urea groups is 1. The lowest BCUT2D eigenvalue weighted by atomic mass is 10.0. The van der Waals surface area contributed by atoms with Crippen molar-refractivity contribution in [1.82, 2.24) is 19.8 Å². The van der Waals surface area contributed by atoms with Crippen LogP contribution in [0.4, 0.5) is 4.79 Å². The van der Waals surface area contributed by atoms with Gasteiger partial charge in [0.05, 0.1) is 0 Å². The highest BCUT2D eigenvalue weighted by molar-refractivity contribution is 5.74. The Kier molecular flexibility index (Phi) is 5.51. The van der Waals surface area contributed by atoms with Gasteiger partial charge in [0, 0.05) is 45.0 Å². The summed E-state index contributed by atoms with van der Waals surface area (Å²) >= 11 is 0. The smallest absolute Gasteiger partial charge is 0.317 e. The summed E-state index contributed by atoms with van der Waals surface area (Å²) in [6, 6.07) is 10.4. The van der Waals surface area contributed by atoms with Gasteiger partial charge in [-0.15, -0.1) is 0 Å². The van der Waals surface area contributed by atoms with Gasteiger partial charge in [-0.2, -0.15) is 0 Å². The Bertz CT molecular complexity index is 652. The fourth-order valence-electron chi connectivity index (χ4n) is 3.26. The van der Waals surface area contributed by atoms with E-state index in [0.29, 0.717) is 12.5 Å². The van der Waals surface area contributed by atoms with E-state index in [0.717, 1.165) is 38.3 Å². The van der Waals surface area contributed by atoms with Gasteiger partial charge in [0.1, 0.15) is 5.82 Å². The number of nitrogens with zero attached hydrogens (tertiary/aromatic N) is 3. The maximum Gasteiger partial charge on any atom is 0.317 e. The molecule has 1 aliphatic rings. The summed E-state index contributed by atoms with van der Waals surface area (Å²) in [6.45, 7) is 5.39. The van der Waals surface area contributed by atoms with E-state index in [1.165, 1.54) is 12.0 Å². The maximum atomic E-state index is 12.2. The first kappa shape index (κ1) is 16.6. The number of nitrogens with one attached hydrogen (secondary N) is 1. The van der Waals surface area contributed by atoms with Crippen LogP contribution in [-0.4, -0.2) is 40.1 Å². The zero-order valence-corrected chi connectivity index (χ0v) is 14.3. The summed E-state index contributed by atoms with van der Waals surface area (Å²) in [6.07, 6.45) is 6.90. The zero-order valence-electron chi connectivity index (χ0n) is 14.3. The predicted octanol–water partition coefficient (Wildman–Crippen LogP) is 2.92. The van der Waals surface area contributed by atoms with Crippen molar-refractivity contribution in [2.75, 3.05) is 19.6 Å². The second-order valence-electron chi connectivity index (χ2n) is 6.63. The molecule has 2 heterocycles. The van der Waals surface area contributed by atoms with Crippen LogP contribution in [0.25, 0.3) is 0 Å². The van der Waals surface area contributed by atoms with Gasteiger partial charge in [-0.1, -0.05) is 37.3 Å². The van der Waals surface area contributed by atoms with Crippen LogP contribution in [0.5, 0.6) is 0 Å². The minimum Gasteiger partial charge on any atom is -0.338 e. The van der Waals surface area contributed by atoms with E-state index in [1.807, 2.05) is 35.5 Å². The number of benzene rings is 1. The quantitative estimate of drug-likeness (QED) is 0.918. The number of hydrogen-bond donors (Lipinski definition) is 1. The first-order valence-electron chi connectivity index (χ1n) is 8.79. The van der Waals surface area contributed by atoms with Crippen molar-refractivity contribution in [2.45, 2.75) is 32.7 Å². The topological polar surface area (TPSA) is 50.2 Å². The molecule has 1 N–H and O–H groups in total. The van der Waals surface area contributed by atoms with Gasteiger partial charge in [0.2, 0.25) is 0 Å². The standard InChI is InChI=1S/C19H26N4O/c1-16-6-5-12-23(14-16)19(24)21-10-9-18-20-11-13-22(18)15-17-7-3-2-4-8-17/h2-4,7-8,11,13,16H,5-6,9-10,12,14-15H2,1H3,(H,21,24). The third kappa shape index (κ3) is 4.37. The molecule has 1 aliphatic heterocycles. The number of amides is 2. The third-order valence-electron chi connectivity index (χ3n) is 4.57. The Morgan fingerprint density at radius 1 is 1.33 bits per heavy atom. The number of hydrogen-bond acceptors (Lipinski definition) is 2. The lowest BCUT2D eigenvalue weighted by Gasteiger charge is -2.30. The number of likely N-dealkylation sites (tertiary alicyclic amines) is 1. The zero-order chi connectivity index (χ0) is 16.8. The van der Waals surface area contributed by atoms with Gasteiger partial charge < -0.3 is 14.8 Å². The van der Waals surface area contributed by atoms with Crippen LogP contribution in [0, 0.1) is 5.92 Å². The van der Waals surface area contributed by atoms with E-state index in [-0.39, 0.29) is 6.03 Å². The Hall–Kier alpha value is -2.30. The minimum atomic E-state index is 0.0581. The van der Waals surface area contributed by atoms with E-state index in [2.05, 4.69) is 33.9 Å². The molecule has 0 radical (unpaired) electrons. The molecule has 1 aromatic heterocycles. The molecule has 128 valence electrons. The molecule has 5 heteroatoms. The molecule has 0 saturated carbocycles. The number of piperidine rings is 1. The second kappa shape index (κ2) is 7.99. The van der Waals surface area contributed by atoms with E-state index in [4.69, 9.17) is 0 Å². The van der Waals surface area contributed by atoms with Gasteiger partial charge in [0.25, 0.3) is 0 Å². The van der Waals surface area contributed by atoms with Crippen molar-refractivity contribution in [1.29, 1.82) is 0 Å². The average molecular weight is 326 g/mol. The van der Waals surface area contributed by atoms with E-state index >= 15 is 0 Å². The minimum absolute atomic E-state index is 0.0581. The van der Waals surface area contributed by atoms with Crippen molar-refractivity contribution < 1.29 is 4.79 Å². The predicted molar refractivity (Wildman–Crippen MR) is 94.8 cm³/mol. The van der Waals surface area contributed by atoms with E-state index < -0.39 is 0 Å². The number of aromatic nitrogens is 2. The SMILES string of the molecule is CC1CCCN(C(=O)NCCc2nccn2Cc2ccccc2)C1. The van der Waals surface area contributed by atoms with Crippen molar-refractivity contribution in [3.8, 4) is 0 Å². The lowest BCUT2D eigenvalue weighted by molar-refractivity contribution is 0.170. The molecule has 1 unspecified atom stereocenters. The van der Waals surface area contributed by atoms with E-state index in [9.17, 15) is 4.79 Å². The molecule has 0 bridgehead atoms. The molecule has 1 fully saturated rings. The summed E-state index contributed by atoms with van der Waals surface area (Å²) < 4.78 is 2.14. The molecule has 1 atom stereocenters. The van der Waals surface area contributed by atoms with Crippen molar-refractivity contribution in [3.05, 3.63) is 54.1 Å². The van der Waals surface area contributed by atoms with Gasteiger partial charge in [-0.05, 0) is 24.3 Å². The molecule has 5 nitrogen and oxygen atoms in total. The van der Waals surface area contributed by atoms with Crippen LogP contribution in [0.15, 0.2) is 42.7 Å². The number of carbonyl (C=O) groups excluding carboxylic acids is 1. The van der Waals surface area contributed by atoms with Crippen LogP contribution < -0.4 is 5.32 Å². The fraction of sp³-hybridized carbons (Fsp3) is 0.474. The monoisotopic (exact) mass is 326 g/mol. The Labute approximate surface area is 143 Å². The summed E-state index contributed by atoms with van der Waals surface area (Å²) in [4.78, 5) is 18.6. The summed E-state index contributed by atoms with van der Waals surface area (Å²) in [5.74, 6) is 1.61. The number of rotatable bonds is 5.